The van der Waals surface area contributed by atoms with Gasteiger partial charge in [-0.3, -0.25) is 9.69 Å². The molecule has 1 heterocycles. The number of hydrogen-bond acceptors (Lipinski definition) is 4. The number of amides is 1. The van der Waals surface area contributed by atoms with E-state index in [1.54, 1.807) is 20.1 Å². The molecule has 5 heteroatoms. The van der Waals surface area contributed by atoms with Crippen molar-refractivity contribution in [2.75, 3.05) is 33.4 Å². The largest absolute Gasteiger partial charge is 0.497 e. The van der Waals surface area contributed by atoms with Crippen LogP contribution in [0.15, 0.2) is 36.9 Å². The summed E-state index contributed by atoms with van der Waals surface area (Å²) in [6.45, 7) is 8.41. The van der Waals surface area contributed by atoms with Crippen molar-refractivity contribution < 1.29 is 14.3 Å². The third-order valence-electron chi connectivity index (χ3n) is 4.36. The zero-order valence-electron chi connectivity index (χ0n) is 14.7. The fraction of sp³-hybridized carbons (Fsp3) is 0.526. The fourth-order valence-corrected chi connectivity index (χ4v) is 2.99. The summed E-state index contributed by atoms with van der Waals surface area (Å²) in [6.07, 6.45) is 3.57. The van der Waals surface area contributed by atoms with E-state index in [0.717, 1.165) is 24.4 Å². The number of ether oxygens (including phenoxy) is 2. The Morgan fingerprint density at radius 2 is 2.17 bits per heavy atom. The van der Waals surface area contributed by atoms with Crippen LogP contribution in [0.25, 0.3) is 0 Å². The lowest BCUT2D eigenvalue weighted by atomic mass is 10.0. The van der Waals surface area contributed by atoms with Gasteiger partial charge < -0.3 is 14.8 Å². The molecule has 0 spiro atoms. The Hall–Kier alpha value is -1.85. The topological polar surface area (TPSA) is 50.8 Å². The number of nitrogens with zero attached hydrogens (tertiary/aromatic N) is 1. The predicted molar refractivity (Wildman–Crippen MR) is 95.2 cm³/mol. The molecule has 1 amide bonds. The van der Waals surface area contributed by atoms with Crippen LogP contribution in [-0.4, -0.2) is 50.3 Å². The standard InChI is InChI=1S/C19H28N2O3/c1-4-12-24-15(2)19(22)20-14-18(21-10-5-6-11-21)16-8-7-9-17(13-16)23-3/h4,7-9,13,15,18H,1,5-6,10-12,14H2,2-3H3,(H,20,22)/t15-,18-/m0/s1. The van der Waals surface area contributed by atoms with Gasteiger partial charge in [-0.1, -0.05) is 18.2 Å². The smallest absolute Gasteiger partial charge is 0.248 e. The highest BCUT2D eigenvalue weighted by Crippen LogP contribution is 2.27. The second kappa shape index (κ2) is 9.45. The minimum atomic E-state index is -0.479. The Morgan fingerprint density at radius 3 is 2.83 bits per heavy atom. The van der Waals surface area contributed by atoms with Crippen molar-refractivity contribution in [2.24, 2.45) is 0 Å². The molecule has 0 unspecified atom stereocenters. The highest BCUT2D eigenvalue weighted by molar-refractivity contribution is 5.80. The van der Waals surface area contributed by atoms with E-state index in [0.29, 0.717) is 13.2 Å². The van der Waals surface area contributed by atoms with Gasteiger partial charge in [-0.05, 0) is 50.6 Å². The molecular formula is C19H28N2O3. The summed E-state index contributed by atoms with van der Waals surface area (Å²) in [6, 6.07) is 8.23. The lowest BCUT2D eigenvalue weighted by molar-refractivity contribution is -0.131. The lowest BCUT2D eigenvalue weighted by Crippen LogP contribution is -2.41. The Morgan fingerprint density at radius 1 is 1.42 bits per heavy atom. The highest BCUT2D eigenvalue weighted by atomic mass is 16.5. The summed E-state index contributed by atoms with van der Waals surface area (Å²) < 4.78 is 10.7. The molecule has 132 valence electrons. The average Bonchev–Trinajstić information content (AvgIpc) is 3.14. The quantitative estimate of drug-likeness (QED) is 0.706. The van der Waals surface area contributed by atoms with Gasteiger partial charge in [0.2, 0.25) is 5.91 Å². The minimum Gasteiger partial charge on any atom is -0.497 e. The third-order valence-corrected chi connectivity index (χ3v) is 4.36. The number of rotatable bonds is 9. The monoisotopic (exact) mass is 332 g/mol. The summed E-state index contributed by atoms with van der Waals surface area (Å²) in [7, 11) is 1.67. The van der Waals surface area contributed by atoms with Crippen molar-refractivity contribution in [1.82, 2.24) is 10.2 Å². The maximum absolute atomic E-state index is 12.2. The van der Waals surface area contributed by atoms with E-state index in [4.69, 9.17) is 9.47 Å². The lowest BCUT2D eigenvalue weighted by Gasteiger charge is -2.29. The molecule has 2 rings (SSSR count). The molecule has 1 aromatic carbocycles. The first-order valence-corrected chi connectivity index (χ1v) is 8.54. The molecule has 24 heavy (non-hydrogen) atoms. The van der Waals surface area contributed by atoms with E-state index in [2.05, 4.69) is 22.9 Å². The SMILES string of the molecule is C=CCO[C@@H](C)C(=O)NC[C@@H](c1cccc(OC)c1)N1CCCC1. The van der Waals surface area contributed by atoms with Crippen molar-refractivity contribution >= 4 is 5.91 Å². The van der Waals surface area contributed by atoms with Gasteiger partial charge in [0.05, 0.1) is 19.8 Å². The number of nitrogens with one attached hydrogen (secondary N) is 1. The van der Waals surface area contributed by atoms with E-state index in [1.165, 1.54) is 12.8 Å². The van der Waals surface area contributed by atoms with Crippen LogP contribution in [0.4, 0.5) is 0 Å². The van der Waals surface area contributed by atoms with E-state index in [9.17, 15) is 4.79 Å². The van der Waals surface area contributed by atoms with Gasteiger partial charge in [0.15, 0.2) is 0 Å². The van der Waals surface area contributed by atoms with Crippen molar-refractivity contribution in [3.63, 3.8) is 0 Å². The van der Waals surface area contributed by atoms with Crippen LogP contribution >= 0.6 is 0 Å². The number of likely N-dealkylation sites (tertiary alicyclic amines) is 1. The Labute approximate surface area is 144 Å². The van der Waals surface area contributed by atoms with Gasteiger partial charge in [0.1, 0.15) is 11.9 Å². The van der Waals surface area contributed by atoms with Crippen LogP contribution in [0.5, 0.6) is 5.75 Å². The second-order valence-corrected chi connectivity index (χ2v) is 6.04. The predicted octanol–water partition coefficient (Wildman–Crippen LogP) is 2.54. The van der Waals surface area contributed by atoms with Crippen LogP contribution in [-0.2, 0) is 9.53 Å². The third kappa shape index (κ3) is 5.08. The molecular weight excluding hydrogens is 304 g/mol. The molecule has 1 aliphatic rings. The summed E-state index contributed by atoms with van der Waals surface area (Å²) in [5.74, 6) is 0.745. The van der Waals surface area contributed by atoms with Gasteiger partial charge in [0.25, 0.3) is 0 Å². The summed E-state index contributed by atoms with van der Waals surface area (Å²) in [5, 5.41) is 3.02. The maximum Gasteiger partial charge on any atom is 0.248 e. The molecule has 2 atom stereocenters. The van der Waals surface area contributed by atoms with E-state index in [1.807, 2.05) is 18.2 Å². The normalized spacial score (nSPS) is 17.2. The first kappa shape index (κ1) is 18.5. The first-order valence-electron chi connectivity index (χ1n) is 8.54. The molecule has 1 aliphatic heterocycles. The van der Waals surface area contributed by atoms with Crippen LogP contribution in [0.3, 0.4) is 0 Å². The maximum atomic E-state index is 12.2. The Balaban J connectivity index is 2.03. The summed E-state index contributed by atoms with van der Waals surface area (Å²) in [4.78, 5) is 14.6. The molecule has 0 saturated carbocycles. The minimum absolute atomic E-state index is 0.0936. The zero-order valence-corrected chi connectivity index (χ0v) is 14.7. The van der Waals surface area contributed by atoms with E-state index < -0.39 is 6.10 Å². The average molecular weight is 332 g/mol. The molecule has 0 aliphatic carbocycles. The molecule has 5 nitrogen and oxygen atoms in total. The number of benzene rings is 1. The second-order valence-electron chi connectivity index (χ2n) is 6.04. The van der Waals surface area contributed by atoms with Crippen LogP contribution in [0.2, 0.25) is 0 Å². The fourth-order valence-electron chi connectivity index (χ4n) is 2.99. The number of hydrogen-bond donors (Lipinski definition) is 1. The molecule has 0 bridgehead atoms. The summed E-state index contributed by atoms with van der Waals surface area (Å²) in [5.41, 5.74) is 1.16. The summed E-state index contributed by atoms with van der Waals surface area (Å²) >= 11 is 0. The molecule has 1 N–H and O–H groups in total. The van der Waals surface area contributed by atoms with Gasteiger partial charge >= 0.3 is 0 Å². The van der Waals surface area contributed by atoms with Crippen LogP contribution in [0, 0.1) is 0 Å². The van der Waals surface area contributed by atoms with Gasteiger partial charge in [-0.15, -0.1) is 6.58 Å². The van der Waals surface area contributed by atoms with Crippen molar-refractivity contribution in [3.05, 3.63) is 42.5 Å². The van der Waals surface area contributed by atoms with Crippen LogP contribution < -0.4 is 10.1 Å². The number of carbonyl (C=O) groups is 1. The number of carbonyl (C=O) groups excluding carboxylic acids is 1. The molecule has 0 aromatic heterocycles. The molecule has 1 aromatic rings. The van der Waals surface area contributed by atoms with Crippen molar-refractivity contribution in [1.29, 1.82) is 0 Å². The first-order chi connectivity index (χ1) is 11.7. The Bertz CT molecular complexity index is 541. The van der Waals surface area contributed by atoms with Crippen LogP contribution in [0.1, 0.15) is 31.4 Å². The Kier molecular flexibility index (Phi) is 7.28. The van der Waals surface area contributed by atoms with E-state index in [-0.39, 0.29) is 11.9 Å². The molecule has 1 fully saturated rings. The van der Waals surface area contributed by atoms with Gasteiger partial charge in [0, 0.05) is 6.54 Å². The van der Waals surface area contributed by atoms with Gasteiger partial charge in [-0.25, -0.2) is 0 Å². The molecule has 1 saturated heterocycles. The van der Waals surface area contributed by atoms with Crippen molar-refractivity contribution in [2.45, 2.75) is 31.9 Å². The molecule has 0 radical (unpaired) electrons. The van der Waals surface area contributed by atoms with E-state index >= 15 is 0 Å². The zero-order chi connectivity index (χ0) is 17.4. The van der Waals surface area contributed by atoms with Gasteiger partial charge in [-0.2, -0.15) is 0 Å². The van der Waals surface area contributed by atoms with Crippen molar-refractivity contribution in [3.8, 4) is 5.75 Å². The highest BCUT2D eigenvalue weighted by Gasteiger charge is 2.25. The number of methoxy groups -OCH3 is 1.